The van der Waals surface area contributed by atoms with Crippen LogP contribution in [-0.4, -0.2) is 64.0 Å². The van der Waals surface area contributed by atoms with Gasteiger partial charge in [-0.05, 0) is 38.4 Å². The molecule has 8 nitrogen and oxygen atoms in total. The van der Waals surface area contributed by atoms with E-state index < -0.39 is 23.2 Å². The fraction of sp³-hybridized carbons (Fsp3) is 0.591. The quantitative estimate of drug-likeness (QED) is 0.455. The van der Waals surface area contributed by atoms with E-state index in [1.807, 2.05) is 0 Å². The molecule has 0 spiro atoms. The number of halogens is 3. The summed E-state index contributed by atoms with van der Waals surface area (Å²) in [6, 6.07) is 1.76. The number of carbonyl (C=O) groups excluding carboxylic acids is 3. The maximum absolute atomic E-state index is 13.9. The Morgan fingerprint density at radius 2 is 1.97 bits per heavy atom. The molecule has 1 saturated heterocycles. The van der Waals surface area contributed by atoms with E-state index in [0.717, 1.165) is 23.9 Å². The number of alkyl halides is 3. The van der Waals surface area contributed by atoms with Crippen LogP contribution in [0.4, 0.5) is 24.5 Å². The van der Waals surface area contributed by atoms with Crippen LogP contribution in [0.3, 0.4) is 0 Å². The molecule has 1 aromatic carbocycles. The highest BCUT2D eigenvalue weighted by atomic mass is 19.4. The van der Waals surface area contributed by atoms with E-state index in [0.29, 0.717) is 25.8 Å². The van der Waals surface area contributed by atoms with Crippen molar-refractivity contribution in [3.63, 3.8) is 0 Å². The fourth-order valence-corrected chi connectivity index (χ4v) is 3.68. The second-order valence-electron chi connectivity index (χ2n) is 7.92. The van der Waals surface area contributed by atoms with Crippen molar-refractivity contribution >= 4 is 29.6 Å². The van der Waals surface area contributed by atoms with Crippen LogP contribution in [0.25, 0.3) is 0 Å². The van der Waals surface area contributed by atoms with Crippen molar-refractivity contribution in [3.8, 4) is 0 Å². The first kappa shape index (κ1) is 26.4. The summed E-state index contributed by atoms with van der Waals surface area (Å²) in [7, 11) is 1.63. The first-order valence-electron chi connectivity index (χ1n) is 11.1. The van der Waals surface area contributed by atoms with Crippen LogP contribution in [0.15, 0.2) is 12.1 Å². The maximum atomic E-state index is 13.9. The van der Waals surface area contributed by atoms with Gasteiger partial charge in [-0.1, -0.05) is 6.92 Å². The molecule has 1 aliphatic rings. The second kappa shape index (κ2) is 11.9. The SMILES string of the molecule is CCC(=O)NCCN(C)c1cc(C(=O)N[C@@H]2CCCNC2)c(C(F)(F)F)cc1N(C=O)CC. The van der Waals surface area contributed by atoms with Gasteiger partial charge in [0, 0.05) is 45.7 Å². The van der Waals surface area contributed by atoms with Crippen molar-refractivity contribution in [3.05, 3.63) is 23.3 Å². The highest BCUT2D eigenvalue weighted by Crippen LogP contribution is 2.39. The molecule has 11 heteroatoms. The topological polar surface area (TPSA) is 93.8 Å². The first-order valence-corrected chi connectivity index (χ1v) is 11.1. The van der Waals surface area contributed by atoms with Crippen molar-refractivity contribution in [1.29, 1.82) is 0 Å². The summed E-state index contributed by atoms with van der Waals surface area (Å²) in [5.74, 6) is -0.967. The Labute approximate surface area is 191 Å². The number of piperidine rings is 1. The molecular weight excluding hydrogens is 439 g/mol. The largest absolute Gasteiger partial charge is 0.417 e. The molecule has 0 radical (unpaired) electrons. The maximum Gasteiger partial charge on any atom is 0.417 e. The number of anilines is 2. The standard InChI is InChI=1S/C22H32F3N5O3/c1-4-20(32)27-9-10-29(3)18-11-16(21(33)28-15-7-6-8-26-13-15)17(22(23,24)25)12-19(18)30(5-2)14-31/h11-12,14-15,26H,4-10,13H2,1-3H3,(H,27,32)(H,28,33)/t15-/m1/s1. The third-order valence-corrected chi connectivity index (χ3v) is 5.58. The van der Waals surface area contributed by atoms with Gasteiger partial charge in [0.05, 0.1) is 22.5 Å². The van der Waals surface area contributed by atoms with Gasteiger partial charge in [-0.15, -0.1) is 0 Å². The zero-order chi connectivity index (χ0) is 24.6. The molecule has 0 saturated carbocycles. The van der Waals surface area contributed by atoms with Crippen LogP contribution >= 0.6 is 0 Å². The van der Waals surface area contributed by atoms with Crippen LogP contribution in [-0.2, 0) is 15.8 Å². The van der Waals surface area contributed by atoms with E-state index in [-0.39, 0.29) is 43.0 Å². The Hall–Kier alpha value is -2.82. The van der Waals surface area contributed by atoms with Crippen molar-refractivity contribution in [2.24, 2.45) is 0 Å². The van der Waals surface area contributed by atoms with Gasteiger partial charge in [-0.3, -0.25) is 14.4 Å². The summed E-state index contributed by atoms with van der Waals surface area (Å²) < 4.78 is 41.8. The van der Waals surface area contributed by atoms with E-state index in [1.165, 1.54) is 6.07 Å². The van der Waals surface area contributed by atoms with Crippen LogP contribution in [0.2, 0.25) is 0 Å². The molecule has 0 unspecified atom stereocenters. The van der Waals surface area contributed by atoms with Crippen LogP contribution in [0.5, 0.6) is 0 Å². The summed E-state index contributed by atoms with van der Waals surface area (Å²) in [6.07, 6.45) is -2.53. The van der Waals surface area contributed by atoms with E-state index in [9.17, 15) is 27.6 Å². The zero-order valence-electron chi connectivity index (χ0n) is 19.2. The molecule has 1 aromatic rings. The van der Waals surface area contributed by atoms with Gasteiger partial charge in [0.25, 0.3) is 5.91 Å². The van der Waals surface area contributed by atoms with Crippen LogP contribution < -0.4 is 25.8 Å². The fourth-order valence-electron chi connectivity index (χ4n) is 3.68. The number of hydrogen-bond donors (Lipinski definition) is 3. The molecule has 1 aliphatic heterocycles. The molecule has 0 aromatic heterocycles. The average Bonchev–Trinajstić information content (AvgIpc) is 2.79. The lowest BCUT2D eigenvalue weighted by molar-refractivity contribution is -0.138. The molecule has 3 amide bonds. The number of nitrogens with one attached hydrogen (secondary N) is 3. The van der Waals surface area contributed by atoms with Crippen molar-refractivity contribution < 1.29 is 27.6 Å². The van der Waals surface area contributed by atoms with E-state index >= 15 is 0 Å². The Morgan fingerprint density at radius 1 is 1.24 bits per heavy atom. The van der Waals surface area contributed by atoms with Crippen molar-refractivity contribution in [2.45, 2.75) is 45.3 Å². The molecule has 1 atom stereocenters. The number of likely N-dealkylation sites (N-methyl/N-ethyl adjacent to an activating group) is 1. The lowest BCUT2D eigenvalue weighted by atomic mass is 10.0. The number of amides is 3. The summed E-state index contributed by atoms with van der Waals surface area (Å²) in [5, 5.41) is 8.52. The number of nitrogens with zero attached hydrogens (tertiary/aromatic N) is 2. The minimum atomic E-state index is -4.79. The van der Waals surface area contributed by atoms with E-state index in [2.05, 4.69) is 16.0 Å². The van der Waals surface area contributed by atoms with Crippen LogP contribution in [0, 0.1) is 0 Å². The summed E-state index contributed by atoms with van der Waals surface area (Å²) in [4.78, 5) is 38.8. The molecule has 184 valence electrons. The lowest BCUT2D eigenvalue weighted by Crippen LogP contribution is -2.46. The molecule has 1 fully saturated rings. The second-order valence-corrected chi connectivity index (χ2v) is 7.92. The molecular formula is C22H32F3N5O3. The summed E-state index contributed by atoms with van der Waals surface area (Å²) in [5.41, 5.74) is -1.27. The molecule has 2 rings (SSSR count). The molecule has 3 N–H and O–H groups in total. The molecule has 33 heavy (non-hydrogen) atoms. The number of carbonyl (C=O) groups is 3. The lowest BCUT2D eigenvalue weighted by Gasteiger charge is -2.29. The number of benzene rings is 1. The zero-order valence-corrected chi connectivity index (χ0v) is 19.2. The minimum absolute atomic E-state index is 0.0417. The summed E-state index contributed by atoms with van der Waals surface area (Å²) in [6.45, 7) is 5.32. The molecule has 1 heterocycles. The smallest absolute Gasteiger partial charge is 0.371 e. The predicted octanol–water partition coefficient (Wildman–Crippen LogP) is 2.13. The predicted molar refractivity (Wildman–Crippen MR) is 120 cm³/mol. The third-order valence-electron chi connectivity index (χ3n) is 5.58. The van der Waals surface area contributed by atoms with Crippen LogP contribution in [0.1, 0.15) is 49.0 Å². The number of hydrogen-bond acceptors (Lipinski definition) is 5. The van der Waals surface area contributed by atoms with Crippen molar-refractivity contribution in [2.75, 3.05) is 49.6 Å². The normalized spacial score (nSPS) is 16.1. The Morgan fingerprint density at radius 3 is 2.52 bits per heavy atom. The first-order chi connectivity index (χ1) is 15.6. The van der Waals surface area contributed by atoms with E-state index in [4.69, 9.17) is 0 Å². The molecule has 0 aliphatic carbocycles. The average molecular weight is 472 g/mol. The monoisotopic (exact) mass is 471 g/mol. The highest BCUT2D eigenvalue weighted by Gasteiger charge is 2.37. The third kappa shape index (κ3) is 7.08. The van der Waals surface area contributed by atoms with Gasteiger partial charge in [0.1, 0.15) is 0 Å². The minimum Gasteiger partial charge on any atom is -0.371 e. The number of rotatable bonds is 10. The Bertz CT molecular complexity index is 841. The highest BCUT2D eigenvalue weighted by molar-refractivity contribution is 5.99. The van der Waals surface area contributed by atoms with E-state index in [1.54, 1.807) is 25.8 Å². The van der Waals surface area contributed by atoms with Gasteiger partial charge in [0.15, 0.2) is 0 Å². The van der Waals surface area contributed by atoms with Gasteiger partial charge >= 0.3 is 6.18 Å². The van der Waals surface area contributed by atoms with Gasteiger partial charge in [-0.25, -0.2) is 0 Å². The van der Waals surface area contributed by atoms with Crippen molar-refractivity contribution in [1.82, 2.24) is 16.0 Å². The molecule has 0 bridgehead atoms. The summed E-state index contributed by atoms with van der Waals surface area (Å²) >= 11 is 0. The van der Waals surface area contributed by atoms with Gasteiger partial charge < -0.3 is 25.8 Å². The van der Waals surface area contributed by atoms with Gasteiger partial charge in [-0.2, -0.15) is 13.2 Å². The Kier molecular flexibility index (Phi) is 9.51. The van der Waals surface area contributed by atoms with Gasteiger partial charge in [0.2, 0.25) is 12.3 Å². The Balaban J connectivity index is 2.47.